The van der Waals surface area contributed by atoms with Gasteiger partial charge in [0.1, 0.15) is 5.82 Å². The van der Waals surface area contributed by atoms with Crippen LogP contribution in [0.4, 0.5) is 10.1 Å². The molecule has 1 saturated carbocycles. The van der Waals surface area contributed by atoms with E-state index >= 15 is 0 Å². The van der Waals surface area contributed by atoms with Crippen LogP contribution in [0.15, 0.2) is 83.4 Å². The number of aryl methyl sites for hydroxylation is 1. The minimum atomic E-state index is -1.19. The maximum absolute atomic E-state index is 13.9. The Labute approximate surface area is 283 Å². The molecular weight excluding hydrogens is 687 g/mol. The van der Waals surface area contributed by atoms with Crippen molar-refractivity contribution in [2.75, 3.05) is 10.8 Å². The third-order valence-electron chi connectivity index (χ3n) is 9.49. The van der Waals surface area contributed by atoms with E-state index in [1.54, 1.807) is 36.4 Å². The Bertz CT molecular complexity index is 1950. The molecule has 47 heavy (non-hydrogen) atoms. The van der Waals surface area contributed by atoms with Crippen molar-refractivity contribution >= 4 is 67.7 Å². The Morgan fingerprint density at radius 2 is 1.66 bits per heavy atom. The van der Waals surface area contributed by atoms with Gasteiger partial charge < -0.3 is 4.74 Å². The number of rotatable bonds is 9. The van der Waals surface area contributed by atoms with Gasteiger partial charge >= 0.3 is 5.97 Å². The van der Waals surface area contributed by atoms with E-state index in [4.69, 9.17) is 21.3 Å². The van der Waals surface area contributed by atoms with E-state index in [-0.39, 0.29) is 58.9 Å². The quantitative estimate of drug-likeness (QED) is 0.0580. The van der Waals surface area contributed by atoms with Crippen LogP contribution in [0, 0.1) is 29.5 Å². The molecule has 1 saturated heterocycles. The van der Waals surface area contributed by atoms with E-state index < -0.39 is 23.7 Å². The Morgan fingerprint density at radius 1 is 1.00 bits per heavy atom. The number of Topliss-reactive ketones (excluding diaryl/α,β-unsaturated/α-hetero) is 1. The lowest BCUT2D eigenvalue weighted by Crippen LogP contribution is -2.32. The minimum Gasteiger partial charge on any atom is -0.450 e. The second-order valence-corrected chi connectivity index (χ2v) is 13.5. The lowest BCUT2D eigenvalue weighted by molar-refractivity contribution is -0.123. The highest BCUT2D eigenvalue weighted by molar-refractivity contribution is 9.10. The number of benzene rings is 3. The van der Waals surface area contributed by atoms with Crippen LogP contribution >= 0.6 is 27.5 Å². The number of ketones is 1. The Kier molecular flexibility index (Phi) is 8.30. The normalized spacial score (nSPS) is 21.8. The number of anilines is 1. The molecule has 2 fully saturated rings. The number of esters is 1. The molecule has 3 aromatic carbocycles. The van der Waals surface area contributed by atoms with E-state index in [1.807, 2.05) is 13.0 Å². The van der Waals surface area contributed by atoms with Gasteiger partial charge in [-0.2, -0.15) is 0 Å². The van der Waals surface area contributed by atoms with Gasteiger partial charge in [-0.1, -0.05) is 47.1 Å². The molecule has 2 aliphatic carbocycles. The first-order valence-corrected chi connectivity index (χ1v) is 16.9. The SMILES string of the molecule is CCc1cc(Br)cc2c(C(=O)OC(CCCl)C(=O)c3ccc(F)cc3)cc(-c3ccc(N4C(=O)C5C6C=CC(C6)C5C4=O)cc3)nc12. The molecule has 0 N–H and O–H groups in total. The zero-order valence-corrected chi connectivity index (χ0v) is 27.6. The van der Waals surface area contributed by atoms with E-state index in [0.29, 0.717) is 34.3 Å². The number of alkyl halides is 1. The summed E-state index contributed by atoms with van der Waals surface area (Å²) >= 11 is 9.54. The second kappa shape index (κ2) is 12.4. The number of nitrogens with zero attached hydrogens (tertiary/aromatic N) is 2. The Balaban J connectivity index is 1.23. The molecule has 2 heterocycles. The van der Waals surface area contributed by atoms with Crippen molar-refractivity contribution < 1.29 is 28.3 Å². The number of amides is 2. The van der Waals surface area contributed by atoms with E-state index in [0.717, 1.165) is 16.5 Å². The summed E-state index contributed by atoms with van der Waals surface area (Å²) in [5.41, 5.74) is 3.54. The standard InChI is InChI=1S/C37H29BrClFN2O5/c1-2-19-16-24(38)17-27-28(37(46)47-30(13-14-39)34(43)21-5-9-25(40)10-6-21)18-29(41-33(19)27)20-7-11-26(12-8-20)42-35(44)31-22-3-4-23(15-22)32(31)36(42)45/h3-12,16-18,22-23,30-32H,2,13-15H2,1H3. The summed E-state index contributed by atoms with van der Waals surface area (Å²) in [7, 11) is 0. The highest BCUT2D eigenvalue weighted by Crippen LogP contribution is 2.53. The minimum absolute atomic E-state index is 0.0619. The topological polar surface area (TPSA) is 93.6 Å². The van der Waals surface area contributed by atoms with Crippen LogP contribution in [0.2, 0.25) is 0 Å². The average molecular weight is 716 g/mol. The van der Waals surface area contributed by atoms with Crippen LogP contribution in [-0.4, -0.2) is 40.5 Å². The molecule has 2 bridgehead atoms. The molecular formula is C37H29BrClFN2O5. The molecule has 2 amide bonds. The van der Waals surface area contributed by atoms with Crippen LogP contribution < -0.4 is 4.90 Å². The second-order valence-electron chi connectivity index (χ2n) is 12.2. The van der Waals surface area contributed by atoms with Gasteiger partial charge in [-0.15, -0.1) is 11.6 Å². The third-order valence-corrected chi connectivity index (χ3v) is 10.2. The van der Waals surface area contributed by atoms with Gasteiger partial charge in [0.15, 0.2) is 6.10 Å². The molecule has 1 aliphatic heterocycles. The van der Waals surface area contributed by atoms with Crippen molar-refractivity contribution in [2.45, 2.75) is 32.3 Å². The molecule has 10 heteroatoms. The van der Waals surface area contributed by atoms with Crippen LogP contribution in [0.5, 0.6) is 0 Å². The average Bonchev–Trinajstić information content (AvgIpc) is 3.77. The number of hydrogen-bond acceptors (Lipinski definition) is 6. The number of carbonyl (C=O) groups is 4. The van der Waals surface area contributed by atoms with Gasteiger partial charge in [-0.25, -0.2) is 14.2 Å². The fourth-order valence-electron chi connectivity index (χ4n) is 7.22. The number of aromatic nitrogens is 1. The first-order chi connectivity index (χ1) is 22.7. The van der Waals surface area contributed by atoms with Crippen molar-refractivity contribution in [1.29, 1.82) is 0 Å². The molecule has 1 aromatic heterocycles. The number of ether oxygens (including phenoxy) is 1. The Hall–Kier alpha value is -4.21. The number of hydrogen-bond donors (Lipinski definition) is 0. The first kappa shape index (κ1) is 31.4. The van der Waals surface area contributed by atoms with Gasteiger partial charge in [-0.05, 0) is 84.8 Å². The lowest BCUT2D eigenvalue weighted by atomic mass is 9.85. The van der Waals surface area contributed by atoms with E-state index in [9.17, 15) is 23.6 Å². The molecule has 7 rings (SSSR count). The molecule has 5 atom stereocenters. The number of imide groups is 1. The third kappa shape index (κ3) is 5.49. The van der Waals surface area contributed by atoms with E-state index in [2.05, 4.69) is 28.1 Å². The predicted octanol–water partition coefficient (Wildman–Crippen LogP) is 7.71. The lowest BCUT2D eigenvalue weighted by Gasteiger charge is -2.19. The maximum atomic E-state index is 13.9. The van der Waals surface area contributed by atoms with Crippen molar-refractivity contribution in [3.8, 4) is 11.3 Å². The van der Waals surface area contributed by atoms with Crippen LogP contribution in [0.1, 0.15) is 46.0 Å². The van der Waals surface area contributed by atoms with Crippen LogP contribution in [0.25, 0.3) is 22.2 Å². The summed E-state index contributed by atoms with van der Waals surface area (Å²) in [5.74, 6) is -2.30. The highest BCUT2D eigenvalue weighted by atomic mass is 79.9. The zero-order valence-electron chi connectivity index (χ0n) is 25.3. The monoisotopic (exact) mass is 714 g/mol. The first-order valence-electron chi connectivity index (χ1n) is 15.5. The number of allylic oxidation sites excluding steroid dienone is 2. The zero-order chi connectivity index (χ0) is 33.0. The summed E-state index contributed by atoms with van der Waals surface area (Å²) < 4.78 is 20.1. The largest absolute Gasteiger partial charge is 0.450 e. The van der Waals surface area contributed by atoms with Crippen LogP contribution in [-0.2, 0) is 20.7 Å². The summed E-state index contributed by atoms with van der Waals surface area (Å²) in [4.78, 5) is 60.1. The maximum Gasteiger partial charge on any atom is 0.339 e. The molecule has 238 valence electrons. The Morgan fingerprint density at radius 3 is 2.28 bits per heavy atom. The highest BCUT2D eigenvalue weighted by Gasteiger charge is 2.59. The summed E-state index contributed by atoms with van der Waals surface area (Å²) in [5, 5.41) is 0.545. The molecule has 4 aromatic rings. The van der Waals surface area contributed by atoms with E-state index in [1.165, 1.54) is 29.2 Å². The predicted molar refractivity (Wildman–Crippen MR) is 180 cm³/mol. The number of halogens is 3. The fourth-order valence-corrected chi connectivity index (χ4v) is 7.92. The van der Waals surface area contributed by atoms with Crippen molar-refractivity contribution in [2.24, 2.45) is 23.7 Å². The van der Waals surface area contributed by atoms with Gasteiger partial charge in [0.05, 0.1) is 34.3 Å². The van der Waals surface area contributed by atoms with Crippen molar-refractivity contribution in [3.05, 3.63) is 106 Å². The molecule has 7 nitrogen and oxygen atoms in total. The fraction of sp³-hybridized carbons (Fsp3) is 0.270. The van der Waals surface area contributed by atoms with Crippen molar-refractivity contribution in [1.82, 2.24) is 4.98 Å². The molecule has 5 unspecified atom stereocenters. The van der Waals surface area contributed by atoms with Gasteiger partial charge in [0, 0.05) is 33.3 Å². The summed E-state index contributed by atoms with van der Waals surface area (Å²) in [6, 6.07) is 17.4. The summed E-state index contributed by atoms with van der Waals surface area (Å²) in [6.45, 7) is 1.99. The van der Waals surface area contributed by atoms with Gasteiger partial charge in [0.2, 0.25) is 17.6 Å². The summed E-state index contributed by atoms with van der Waals surface area (Å²) in [6.07, 6.45) is 4.51. The molecule has 0 spiro atoms. The smallest absolute Gasteiger partial charge is 0.339 e. The number of fused-ring (bicyclic) bond motifs is 6. The number of carbonyl (C=O) groups excluding carboxylic acids is 4. The van der Waals surface area contributed by atoms with Crippen molar-refractivity contribution in [3.63, 3.8) is 0 Å². The molecule has 3 aliphatic rings. The van der Waals surface area contributed by atoms with Gasteiger partial charge in [-0.3, -0.25) is 19.3 Å². The number of pyridine rings is 1. The van der Waals surface area contributed by atoms with Gasteiger partial charge in [0.25, 0.3) is 0 Å². The van der Waals surface area contributed by atoms with Crippen LogP contribution in [0.3, 0.4) is 0 Å². The molecule has 0 radical (unpaired) electrons.